The lowest BCUT2D eigenvalue weighted by Crippen LogP contribution is -2.16. The molecule has 1 saturated carbocycles. The zero-order valence-corrected chi connectivity index (χ0v) is 16.6. The summed E-state index contributed by atoms with van der Waals surface area (Å²) in [6, 6.07) is 28.1. The fraction of sp³-hybridized carbons (Fsp3) is 0.269. The SMILES string of the molecule is O=C(CC(c1ccccc1)c1ccccc1)Nc1ccc(OC2CCCC2)cc1. The summed E-state index contributed by atoms with van der Waals surface area (Å²) in [5.41, 5.74) is 3.09. The van der Waals surface area contributed by atoms with Crippen LogP contribution in [0.1, 0.15) is 49.1 Å². The standard InChI is InChI=1S/C26H27NO2/c28-26(27-22-15-17-24(18-16-22)29-23-13-7-8-14-23)19-25(20-9-3-1-4-10-20)21-11-5-2-6-12-21/h1-6,9-12,15-18,23,25H,7-8,13-14,19H2,(H,27,28). The third-order valence-electron chi connectivity index (χ3n) is 5.54. The van der Waals surface area contributed by atoms with Crippen molar-refractivity contribution in [3.8, 4) is 5.75 Å². The predicted molar refractivity (Wildman–Crippen MR) is 117 cm³/mol. The van der Waals surface area contributed by atoms with E-state index in [1.165, 1.54) is 12.8 Å². The van der Waals surface area contributed by atoms with Crippen molar-refractivity contribution < 1.29 is 9.53 Å². The topological polar surface area (TPSA) is 38.3 Å². The molecule has 0 bridgehead atoms. The molecule has 0 aromatic heterocycles. The van der Waals surface area contributed by atoms with Crippen LogP contribution in [-0.2, 0) is 4.79 Å². The van der Waals surface area contributed by atoms with Crippen LogP contribution in [0, 0.1) is 0 Å². The molecule has 0 saturated heterocycles. The number of hydrogen-bond acceptors (Lipinski definition) is 2. The Morgan fingerprint density at radius 1 is 0.828 bits per heavy atom. The van der Waals surface area contributed by atoms with E-state index in [0.29, 0.717) is 12.5 Å². The van der Waals surface area contributed by atoms with E-state index in [4.69, 9.17) is 4.74 Å². The number of hydrogen-bond donors (Lipinski definition) is 1. The molecule has 1 N–H and O–H groups in total. The van der Waals surface area contributed by atoms with Crippen LogP contribution in [0.5, 0.6) is 5.75 Å². The summed E-state index contributed by atoms with van der Waals surface area (Å²) in [5, 5.41) is 3.04. The van der Waals surface area contributed by atoms with Gasteiger partial charge in [-0.15, -0.1) is 0 Å². The molecule has 1 fully saturated rings. The molecule has 0 heterocycles. The minimum Gasteiger partial charge on any atom is -0.490 e. The first-order valence-corrected chi connectivity index (χ1v) is 10.4. The van der Waals surface area contributed by atoms with E-state index in [2.05, 4.69) is 29.6 Å². The Hall–Kier alpha value is -3.07. The lowest BCUT2D eigenvalue weighted by molar-refractivity contribution is -0.116. The molecule has 3 nitrogen and oxygen atoms in total. The van der Waals surface area contributed by atoms with Crippen LogP contribution in [0.15, 0.2) is 84.9 Å². The Labute approximate surface area is 172 Å². The van der Waals surface area contributed by atoms with E-state index in [-0.39, 0.29) is 11.8 Å². The van der Waals surface area contributed by atoms with Crippen molar-refractivity contribution in [1.82, 2.24) is 0 Å². The van der Waals surface area contributed by atoms with E-state index >= 15 is 0 Å². The molecular formula is C26H27NO2. The van der Waals surface area contributed by atoms with Crippen LogP contribution >= 0.6 is 0 Å². The van der Waals surface area contributed by atoms with Gasteiger partial charge in [0.1, 0.15) is 5.75 Å². The van der Waals surface area contributed by atoms with Crippen LogP contribution in [0.25, 0.3) is 0 Å². The minimum absolute atomic E-state index is 0.00664. The highest BCUT2D eigenvalue weighted by Gasteiger charge is 2.19. The molecule has 0 unspecified atom stereocenters. The Kier molecular flexibility index (Phi) is 6.25. The smallest absolute Gasteiger partial charge is 0.225 e. The fourth-order valence-corrected chi connectivity index (χ4v) is 4.01. The third kappa shape index (κ3) is 5.26. The average Bonchev–Trinajstić information content (AvgIpc) is 3.28. The third-order valence-corrected chi connectivity index (χ3v) is 5.54. The summed E-state index contributed by atoms with van der Waals surface area (Å²) in [5.74, 6) is 0.913. The molecule has 3 heteroatoms. The van der Waals surface area contributed by atoms with Gasteiger partial charge in [0.2, 0.25) is 5.91 Å². The molecule has 1 amide bonds. The number of carbonyl (C=O) groups excluding carboxylic acids is 1. The highest BCUT2D eigenvalue weighted by Crippen LogP contribution is 2.29. The lowest BCUT2D eigenvalue weighted by Gasteiger charge is -2.18. The van der Waals surface area contributed by atoms with Crippen LogP contribution in [0.2, 0.25) is 0 Å². The summed E-state index contributed by atoms with van der Waals surface area (Å²) < 4.78 is 6.00. The Bertz CT molecular complexity index is 861. The fourth-order valence-electron chi connectivity index (χ4n) is 4.01. The molecule has 148 valence electrons. The second-order valence-electron chi connectivity index (χ2n) is 7.67. The van der Waals surface area contributed by atoms with E-state index in [1.54, 1.807) is 0 Å². The highest BCUT2D eigenvalue weighted by molar-refractivity contribution is 5.91. The van der Waals surface area contributed by atoms with E-state index in [1.807, 2.05) is 60.7 Å². The molecule has 1 aliphatic rings. The van der Waals surface area contributed by atoms with Gasteiger partial charge in [-0.05, 0) is 61.1 Å². The Morgan fingerprint density at radius 2 is 1.38 bits per heavy atom. The maximum Gasteiger partial charge on any atom is 0.225 e. The number of amides is 1. The molecule has 0 spiro atoms. The Balaban J connectivity index is 1.41. The van der Waals surface area contributed by atoms with Gasteiger partial charge in [-0.25, -0.2) is 0 Å². The zero-order valence-electron chi connectivity index (χ0n) is 16.6. The van der Waals surface area contributed by atoms with Crippen molar-refractivity contribution in [2.24, 2.45) is 0 Å². The molecule has 0 aliphatic heterocycles. The van der Waals surface area contributed by atoms with Gasteiger partial charge in [-0.3, -0.25) is 4.79 Å². The predicted octanol–water partition coefficient (Wildman–Crippen LogP) is 6.17. The molecular weight excluding hydrogens is 358 g/mol. The first kappa shape index (κ1) is 19.3. The van der Waals surface area contributed by atoms with Gasteiger partial charge < -0.3 is 10.1 Å². The van der Waals surface area contributed by atoms with Gasteiger partial charge in [0.25, 0.3) is 0 Å². The van der Waals surface area contributed by atoms with E-state index in [9.17, 15) is 4.79 Å². The maximum absolute atomic E-state index is 12.8. The maximum atomic E-state index is 12.8. The summed E-state index contributed by atoms with van der Waals surface area (Å²) in [6.45, 7) is 0. The summed E-state index contributed by atoms with van der Waals surface area (Å²) in [4.78, 5) is 12.8. The number of nitrogens with one attached hydrogen (secondary N) is 1. The van der Waals surface area contributed by atoms with Gasteiger partial charge in [-0.1, -0.05) is 60.7 Å². The van der Waals surface area contributed by atoms with Crippen LogP contribution in [0.3, 0.4) is 0 Å². The molecule has 3 aromatic carbocycles. The molecule has 0 atom stereocenters. The summed E-state index contributed by atoms with van der Waals surface area (Å²) >= 11 is 0. The van der Waals surface area contributed by atoms with Gasteiger partial charge in [0.15, 0.2) is 0 Å². The number of ether oxygens (including phenoxy) is 1. The van der Waals surface area contributed by atoms with Crippen molar-refractivity contribution in [2.45, 2.75) is 44.1 Å². The van der Waals surface area contributed by atoms with Crippen molar-refractivity contribution in [1.29, 1.82) is 0 Å². The van der Waals surface area contributed by atoms with E-state index < -0.39 is 0 Å². The average molecular weight is 386 g/mol. The number of rotatable bonds is 7. The van der Waals surface area contributed by atoms with Crippen molar-refractivity contribution in [2.75, 3.05) is 5.32 Å². The van der Waals surface area contributed by atoms with Gasteiger partial charge in [0.05, 0.1) is 6.10 Å². The highest BCUT2D eigenvalue weighted by atomic mass is 16.5. The van der Waals surface area contributed by atoms with Gasteiger partial charge in [0, 0.05) is 18.0 Å². The van der Waals surface area contributed by atoms with E-state index in [0.717, 1.165) is 35.4 Å². The first-order valence-electron chi connectivity index (χ1n) is 10.4. The normalized spacial score (nSPS) is 14.1. The largest absolute Gasteiger partial charge is 0.490 e. The lowest BCUT2D eigenvalue weighted by atomic mass is 9.88. The van der Waals surface area contributed by atoms with Crippen LogP contribution in [-0.4, -0.2) is 12.0 Å². The molecule has 3 aromatic rings. The summed E-state index contributed by atoms with van der Waals surface area (Å²) in [7, 11) is 0. The monoisotopic (exact) mass is 385 g/mol. The Morgan fingerprint density at radius 3 is 1.93 bits per heavy atom. The van der Waals surface area contributed by atoms with Crippen molar-refractivity contribution >= 4 is 11.6 Å². The van der Waals surface area contributed by atoms with Crippen LogP contribution in [0.4, 0.5) is 5.69 Å². The molecule has 29 heavy (non-hydrogen) atoms. The van der Waals surface area contributed by atoms with Gasteiger partial charge >= 0.3 is 0 Å². The first-order chi connectivity index (χ1) is 14.3. The quantitative estimate of drug-likeness (QED) is 0.528. The summed E-state index contributed by atoms with van der Waals surface area (Å²) in [6.07, 6.45) is 5.52. The molecule has 0 radical (unpaired) electrons. The zero-order chi connectivity index (χ0) is 19.9. The second kappa shape index (κ2) is 9.42. The minimum atomic E-state index is 0.00664. The molecule has 4 rings (SSSR count). The molecule has 1 aliphatic carbocycles. The number of benzene rings is 3. The van der Waals surface area contributed by atoms with Crippen LogP contribution < -0.4 is 10.1 Å². The second-order valence-corrected chi connectivity index (χ2v) is 7.67. The number of anilines is 1. The van der Waals surface area contributed by atoms with Gasteiger partial charge in [-0.2, -0.15) is 0 Å². The number of carbonyl (C=O) groups is 1. The van der Waals surface area contributed by atoms with Crippen molar-refractivity contribution in [3.63, 3.8) is 0 Å². The van der Waals surface area contributed by atoms with Crippen molar-refractivity contribution in [3.05, 3.63) is 96.1 Å².